The fourth-order valence-corrected chi connectivity index (χ4v) is 2.92. The minimum Gasteiger partial charge on any atom is -0.487 e. The van der Waals surface area contributed by atoms with Crippen LogP contribution in [0.5, 0.6) is 11.5 Å². The summed E-state index contributed by atoms with van der Waals surface area (Å²) in [5, 5.41) is 4.06. The third-order valence-corrected chi connectivity index (χ3v) is 4.37. The zero-order chi connectivity index (χ0) is 23.3. The van der Waals surface area contributed by atoms with Gasteiger partial charge in [0.15, 0.2) is 11.5 Å². The van der Waals surface area contributed by atoms with Gasteiger partial charge in [0.2, 0.25) is 0 Å². The van der Waals surface area contributed by atoms with Crippen molar-refractivity contribution in [1.29, 1.82) is 0 Å². The predicted molar refractivity (Wildman–Crippen MR) is 124 cm³/mol. The standard InChI is InChI=1S/C24H27N3O6/c1-4-18-6-5-7-19(12-18)27-24-20-13-22(32-10-8-30-16-28-2)23(14-21(20)25-15-26-24)33-11-9-31-17-29-3/h1,5-7,12-15H,8-11,16-17H2,2-3H3,(H,25,26,27). The molecule has 0 saturated carbocycles. The maximum Gasteiger partial charge on any atom is 0.163 e. The predicted octanol–water partition coefficient (Wildman–Crippen LogP) is 3.35. The Morgan fingerprint density at radius 1 is 0.879 bits per heavy atom. The zero-order valence-corrected chi connectivity index (χ0v) is 18.7. The van der Waals surface area contributed by atoms with Gasteiger partial charge < -0.3 is 33.7 Å². The molecule has 0 unspecified atom stereocenters. The lowest BCUT2D eigenvalue weighted by Crippen LogP contribution is -2.11. The lowest BCUT2D eigenvalue weighted by Gasteiger charge is -2.15. The number of nitrogens with zero attached hydrogens (tertiary/aromatic N) is 2. The number of aromatic nitrogens is 2. The molecule has 0 atom stereocenters. The zero-order valence-electron chi connectivity index (χ0n) is 18.7. The van der Waals surface area contributed by atoms with Crippen LogP contribution >= 0.6 is 0 Å². The third-order valence-electron chi connectivity index (χ3n) is 4.37. The minimum absolute atomic E-state index is 0.194. The van der Waals surface area contributed by atoms with Crippen LogP contribution < -0.4 is 14.8 Å². The Labute approximate surface area is 192 Å². The van der Waals surface area contributed by atoms with Crippen molar-refractivity contribution in [2.45, 2.75) is 0 Å². The molecule has 3 rings (SSSR count). The first-order chi connectivity index (χ1) is 16.2. The number of benzene rings is 2. The Morgan fingerprint density at radius 2 is 1.58 bits per heavy atom. The fraction of sp³-hybridized carbons (Fsp3) is 0.333. The summed E-state index contributed by atoms with van der Waals surface area (Å²) in [7, 11) is 3.13. The van der Waals surface area contributed by atoms with Crippen molar-refractivity contribution in [3.8, 4) is 23.8 Å². The summed E-state index contributed by atoms with van der Waals surface area (Å²) in [6, 6.07) is 11.2. The van der Waals surface area contributed by atoms with Crippen molar-refractivity contribution in [3.63, 3.8) is 0 Å². The molecule has 0 saturated heterocycles. The third kappa shape index (κ3) is 7.30. The van der Waals surface area contributed by atoms with Crippen LogP contribution in [0.25, 0.3) is 10.9 Å². The molecule has 0 aliphatic heterocycles. The maximum atomic E-state index is 5.93. The van der Waals surface area contributed by atoms with Crippen molar-refractivity contribution in [2.24, 2.45) is 0 Å². The summed E-state index contributed by atoms with van der Waals surface area (Å²) in [6.07, 6.45) is 7.00. The Kier molecular flexibility index (Phi) is 9.69. The molecule has 0 fully saturated rings. The van der Waals surface area contributed by atoms with Gasteiger partial charge in [-0.3, -0.25) is 0 Å². The molecule has 9 nitrogen and oxygen atoms in total. The molecular formula is C24H27N3O6. The van der Waals surface area contributed by atoms with Crippen molar-refractivity contribution in [2.75, 3.05) is 59.5 Å². The van der Waals surface area contributed by atoms with E-state index in [0.717, 1.165) is 16.6 Å². The van der Waals surface area contributed by atoms with E-state index in [9.17, 15) is 0 Å². The summed E-state index contributed by atoms with van der Waals surface area (Å²) in [5.74, 6) is 4.31. The molecule has 0 amide bonds. The summed E-state index contributed by atoms with van der Waals surface area (Å²) in [4.78, 5) is 8.79. The Balaban J connectivity index is 1.84. The number of hydrogen-bond donors (Lipinski definition) is 1. The summed E-state index contributed by atoms with van der Waals surface area (Å²) in [6.45, 7) is 1.75. The van der Waals surface area contributed by atoms with E-state index in [1.54, 1.807) is 14.2 Å². The van der Waals surface area contributed by atoms with E-state index < -0.39 is 0 Å². The van der Waals surface area contributed by atoms with Crippen LogP contribution in [0.15, 0.2) is 42.7 Å². The fourth-order valence-electron chi connectivity index (χ4n) is 2.92. The first-order valence-electron chi connectivity index (χ1n) is 10.3. The van der Waals surface area contributed by atoms with Gasteiger partial charge in [-0.05, 0) is 24.3 Å². The molecule has 0 aliphatic rings. The summed E-state index contributed by atoms with van der Waals surface area (Å²) in [5.41, 5.74) is 2.28. The van der Waals surface area contributed by atoms with Crippen LogP contribution in [-0.4, -0.2) is 64.2 Å². The van der Waals surface area contributed by atoms with Crippen LogP contribution in [0.1, 0.15) is 5.56 Å². The molecule has 9 heteroatoms. The molecule has 0 aliphatic carbocycles. The second-order valence-corrected chi connectivity index (χ2v) is 6.71. The van der Waals surface area contributed by atoms with Crippen molar-refractivity contribution < 1.29 is 28.4 Å². The molecule has 33 heavy (non-hydrogen) atoms. The number of fused-ring (bicyclic) bond motifs is 1. The summed E-state index contributed by atoms with van der Waals surface area (Å²) >= 11 is 0. The Bertz CT molecular complexity index is 1070. The highest BCUT2D eigenvalue weighted by Crippen LogP contribution is 2.35. The van der Waals surface area contributed by atoms with E-state index in [2.05, 4.69) is 21.2 Å². The highest BCUT2D eigenvalue weighted by molar-refractivity contribution is 5.93. The number of terminal acetylenes is 1. The van der Waals surface area contributed by atoms with Gasteiger partial charge >= 0.3 is 0 Å². The lowest BCUT2D eigenvalue weighted by molar-refractivity contribution is -0.0408. The molecule has 1 heterocycles. The SMILES string of the molecule is C#Cc1cccc(Nc2ncnc3cc(OCCOCOC)c(OCCOCOC)cc23)c1. The van der Waals surface area contributed by atoms with Crippen LogP contribution in [0.2, 0.25) is 0 Å². The first kappa shape index (κ1) is 24.2. The maximum absolute atomic E-state index is 5.93. The average Bonchev–Trinajstić information content (AvgIpc) is 2.84. The van der Waals surface area contributed by atoms with Crippen LogP contribution in [0.3, 0.4) is 0 Å². The van der Waals surface area contributed by atoms with Gasteiger partial charge in [-0.25, -0.2) is 9.97 Å². The van der Waals surface area contributed by atoms with Gasteiger partial charge in [-0.15, -0.1) is 6.42 Å². The molecule has 174 valence electrons. The second kappa shape index (κ2) is 13.2. The molecule has 1 N–H and O–H groups in total. The van der Waals surface area contributed by atoms with Gasteiger partial charge in [0.05, 0.1) is 18.7 Å². The van der Waals surface area contributed by atoms with Crippen molar-refractivity contribution in [3.05, 3.63) is 48.3 Å². The van der Waals surface area contributed by atoms with Crippen LogP contribution in [0.4, 0.5) is 11.5 Å². The van der Waals surface area contributed by atoms with Gasteiger partial charge in [-0.2, -0.15) is 0 Å². The molecule has 0 bridgehead atoms. The molecule has 0 spiro atoms. The molecule has 2 aromatic carbocycles. The van der Waals surface area contributed by atoms with Gasteiger partial charge in [-0.1, -0.05) is 12.0 Å². The number of ether oxygens (including phenoxy) is 6. The van der Waals surface area contributed by atoms with Gasteiger partial charge in [0.1, 0.15) is 38.9 Å². The van der Waals surface area contributed by atoms with E-state index in [0.29, 0.717) is 49.3 Å². The highest BCUT2D eigenvalue weighted by atomic mass is 16.7. The molecule has 3 aromatic rings. The van der Waals surface area contributed by atoms with E-state index in [1.165, 1.54) is 6.33 Å². The van der Waals surface area contributed by atoms with Gasteiger partial charge in [0, 0.05) is 36.9 Å². The smallest absolute Gasteiger partial charge is 0.163 e. The number of rotatable bonds is 14. The van der Waals surface area contributed by atoms with Crippen molar-refractivity contribution in [1.82, 2.24) is 9.97 Å². The largest absolute Gasteiger partial charge is 0.487 e. The van der Waals surface area contributed by atoms with Gasteiger partial charge in [0.25, 0.3) is 0 Å². The first-order valence-corrected chi connectivity index (χ1v) is 10.3. The number of nitrogens with one attached hydrogen (secondary N) is 1. The summed E-state index contributed by atoms with van der Waals surface area (Å²) < 4.78 is 32.2. The minimum atomic E-state index is 0.194. The molecule has 0 radical (unpaired) electrons. The highest BCUT2D eigenvalue weighted by Gasteiger charge is 2.13. The second-order valence-electron chi connectivity index (χ2n) is 6.71. The molecular weight excluding hydrogens is 426 g/mol. The van der Waals surface area contributed by atoms with E-state index in [4.69, 9.17) is 34.8 Å². The van der Waals surface area contributed by atoms with Crippen LogP contribution in [0, 0.1) is 12.3 Å². The van der Waals surface area contributed by atoms with Crippen molar-refractivity contribution >= 4 is 22.4 Å². The van der Waals surface area contributed by atoms with Crippen LogP contribution in [-0.2, 0) is 18.9 Å². The van der Waals surface area contributed by atoms with E-state index in [-0.39, 0.29) is 13.6 Å². The number of anilines is 2. The number of hydrogen-bond acceptors (Lipinski definition) is 9. The quantitative estimate of drug-likeness (QED) is 0.224. The normalized spacial score (nSPS) is 10.7. The Morgan fingerprint density at radius 3 is 2.24 bits per heavy atom. The Hall–Kier alpha value is -3.42. The average molecular weight is 453 g/mol. The lowest BCUT2D eigenvalue weighted by atomic mass is 10.2. The van der Waals surface area contributed by atoms with E-state index in [1.807, 2.05) is 36.4 Å². The molecule has 1 aromatic heterocycles. The van der Waals surface area contributed by atoms with E-state index >= 15 is 0 Å². The topological polar surface area (TPSA) is 93.2 Å². The number of methoxy groups -OCH3 is 2. The monoisotopic (exact) mass is 453 g/mol.